The summed E-state index contributed by atoms with van der Waals surface area (Å²) in [7, 11) is 0. The minimum absolute atomic E-state index is 0.118. The van der Waals surface area contributed by atoms with Crippen LogP contribution >= 0.6 is 27.3 Å². The molecule has 1 N–H and O–H groups in total. The molecule has 1 atom stereocenters. The number of carbonyl (C=O) groups is 1. The fourth-order valence-corrected chi connectivity index (χ4v) is 3.73. The number of thiophene rings is 1. The van der Waals surface area contributed by atoms with Crippen LogP contribution in [-0.2, 0) is 0 Å². The highest BCUT2D eigenvalue weighted by Gasteiger charge is 2.26. The summed E-state index contributed by atoms with van der Waals surface area (Å²) in [5, 5.41) is 9.31. The van der Waals surface area contributed by atoms with Gasteiger partial charge in [0.25, 0.3) is 5.91 Å². The maximum absolute atomic E-state index is 12.3. The van der Waals surface area contributed by atoms with Gasteiger partial charge in [-0.3, -0.25) is 9.69 Å². The number of halogens is 1. The average molecular weight is 347 g/mol. The van der Waals surface area contributed by atoms with Gasteiger partial charge in [-0.2, -0.15) is 0 Å². The molecule has 106 valence electrons. The largest absolute Gasteiger partial charge is 0.395 e. The molecule has 0 radical (unpaired) electrons. The average Bonchev–Trinajstić information content (AvgIpc) is 2.87. The summed E-state index contributed by atoms with van der Waals surface area (Å²) in [6.45, 7) is 5.45. The van der Waals surface area contributed by atoms with Crippen LogP contribution in [0.15, 0.2) is 15.9 Å². The van der Waals surface area contributed by atoms with E-state index in [1.54, 1.807) is 0 Å². The van der Waals surface area contributed by atoms with Gasteiger partial charge < -0.3 is 10.0 Å². The van der Waals surface area contributed by atoms with E-state index in [9.17, 15) is 9.90 Å². The third kappa shape index (κ3) is 3.56. The van der Waals surface area contributed by atoms with Gasteiger partial charge in [-0.05, 0) is 34.5 Å². The number of piperazine rings is 1. The minimum Gasteiger partial charge on any atom is -0.395 e. The van der Waals surface area contributed by atoms with Gasteiger partial charge in [0.1, 0.15) is 0 Å². The van der Waals surface area contributed by atoms with Crippen molar-refractivity contribution in [3.8, 4) is 0 Å². The molecule has 19 heavy (non-hydrogen) atoms. The number of nitrogens with zero attached hydrogens (tertiary/aromatic N) is 2. The standard InChI is InChI=1S/C13H19BrN2O2S/c1-2-10(9-17)15-5-7-16(8-6-15)13(18)11-3-4-12(14)19-11/h3-4,10,17H,2,5-9H2,1H3. The smallest absolute Gasteiger partial charge is 0.264 e. The predicted molar refractivity (Wildman–Crippen MR) is 80.7 cm³/mol. The lowest BCUT2D eigenvalue weighted by Gasteiger charge is -2.38. The van der Waals surface area contributed by atoms with E-state index in [0.717, 1.165) is 41.3 Å². The summed E-state index contributed by atoms with van der Waals surface area (Å²) in [4.78, 5) is 17.2. The van der Waals surface area contributed by atoms with E-state index < -0.39 is 0 Å². The van der Waals surface area contributed by atoms with Gasteiger partial charge in [0.2, 0.25) is 0 Å². The molecule has 1 saturated heterocycles. The molecular weight excluding hydrogens is 328 g/mol. The van der Waals surface area contributed by atoms with Crippen molar-refractivity contribution in [2.24, 2.45) is 0 Å². The van der Waals surface area contributed by atoms with E-state index in [1.165, 1.54) is 11.3 Å². The first-order valence-electron chi connectivity index (χ1n) is 6.55. The van der Waals surface area contributed by atoms with Crippen molar-refractivity contribution in [2.45, 2.75) is 19.4 Å². The Hall–Kier alpha value is -0.430. The molecule has 6 heteroatoms. The van der Waals surface area contributed by atoms with E-state index in [-0.39, 0.29) is 18.6 Å². The van der Waals surface area contributed by atoms with Gasteiger partial charge >= 0.3 is 0 Å². The first-order chi connectivity index (χ1) is 9.15. The molecule has 0 spiro atoms. The molecule has 1 fully saturated rings. The lowest BCUT2D eigenvalue weighted by Crippen LogP contribution is -2.52. The molecular formula is C13H19BrN2O2S. The lowest BCUT2D eigenvalue weighted by molar-refractivity contribution is 0.0476. The van der Waals surface area contributed by atoms with Crippen molar-refractivity contribution in [3.05, 3.63) is 20.8 Å². The van der Waals surface area contributed by atoms with E-state index in [2.05, 4.69) is 27.8 Å². The molecule has 1 aromatic rings. The Morgan fingerprint density at radius 2 is 2.11 bits per heavy atom. The van der Waals surface area contributed by atoms with Crippen LogP contribution in [0.1, 0.15) is 23.0 Å². The third-order valence-corrected chi connectivity index (χ3v) is 5.20. The van der Waals surface area contributed by atoms with Crippen LogP contribution in [0.5, 0.6) is 0 Å². The fraction of sp³-hybridized carbons (Fsp3) is 0.615. The summed E-state index contributed by atoms with van der Waals surface area (Å²) in [5.74, 6) is 0.118. The van der Waals surface area contributed by atoms with Crippen LogP contribution in [0.3, 0.4) is 0 Å². The molecule has 0 aromatic carbocycles. The van der Waals surface area contributed by atoms with Gasteiger partial charge in [0.15, 0.2) is 0 Å². The summed E-state index contributed by atoms with van der Waals surface area (Å²) >= 11 is 4.86. The quantitative estimate of drug-likeness (QED) is 0.907. The molecule has 0 aliphatic carbocycles. The topological polar surface area (TPSA) is 43.8 Å². The molecule has 1 amide bonds. The number of aliphatic hydroxyl groups is 1. The molecule has 1 aliphatic heterocycles. The van der Waals surface area contributed by atoms with Crippen molar-refractivity contribution >= 4 is 33.2 Å². The van der Waals surface area contributed by atoms with Crippen LogP contribution in [0.2, 0.25) is 0 Å². The van der Waals surface area contributed by atoms with Gasteiger partial charge in [-0.25, -0.2) is 0 Å². The van der Waals surface area contributed by atoms with Crippen molar-refractivity contribution in [2.75, 3.05) is 32.8 Å². The Kier molecular flexibility index (Phi) is 5.38. The third-order valence-electron chi connectivity index (χ3n) is 3.58. The predicted octanol–water partition coefficient (Wildman–Crippen LogP) is 2.04. The number of rotatable bonds is 4. The molecule has 4 nitrogen and oxygen atoms in total. The zero-order valence-corrected chi connectivity index (χ0v) is 13.4. The second-order valence-electron chi connectivity index (χ2n) is 4.68. The Balaban J connectivity index is 1.91. The van der Waals surface area contributed by atoms with Crippen molar-refractivity contribution in [3.63, 3.8) is 0 Å². The Labute approximate surface area is 126 Å². The second-order valence-corrected chi connectivity index (χ2v) is 7.14. The summed E-state index contributed by atoms with van der Waals surface area (Å²) < 4.78 is 0.987. The highest BCUT2D eigenvalue weighted by molar-refractivity contribution is 9.11. The van der Waals surface area contributed by atoms with E-state index in [0.29, 0.717) is 0 Å². The molecule has 0 bridgehead atoms. The Bertz CT molecular complexity index is 426. The van der Waals surface area contributed by atoms with Gasteiger partial charge in [-0.1, -0.05) is 6.92 Å². The van der Waals surface area contributed by atoms with E-state index >= 15 is 0 Å². The maximum Gasteiger partial charge on any atom is 0.264 e. The second kappa shape index (κ2) is 6.83. The molecule has 1 aliphatic rings. The normalized spacial score (nSPS) is 18.6. The molecule has 1 unspecified atom stereocenters. The number of amides is 1. The number of hydrogen-bond donors (Lipinski definition) is 1. The highest BCUT2D eigenvalue weighted by Crippen LogP contribution is 2.23. The molecule has 2 rings (SSSR count). The molecule has 0 saturated carbocycles. The zero-order chi connectivity index (χ0) is 13.8. The number of carbonyl (C=O) groups excluding carboxylic acids is 1. The van der Waals surface area contributed by atoms with Crippen molar-refractivity contribution < 1.29 is 9.90 Å². The maximum atomic E-state index is 12.3. The van der Waals surface area contributed by atoms with Gasteiger partial charge in [-0.15, -0.1) is 11.3 Å². The number of aliphatic hydroxyl groups excluding tert-OH is 1. The molecule has 2 heterocycles. The van der Waals surface area contributed by atoms with Gasteiger partial charge in [0, 0.05) is 32.2 Å². The lowest BCUT2D eigenvalue weighted by atomic mass is 10.1. The first-order valence-corrected chi connectivity index (χ1v) is 8.16. The van der Waals surface area contributed by atoms with Crippen LogP contribution in [0, 0.1) is 0 Å². The summed E-state index contributed by atoms with van der Waals surface area (Å²) in [5.41, 5.74) is 0. The Morgan fingerprint density at radius 3 is 2.58 bits per heavy atom. The van der Waals surface area contributed by atoms with Crippen molar-refractivity contribution in [1.82, 2.24) is 9.80 Å². The monoisotopic (exact) mass is 346 g/mol. The summed E-state index contributed by atoms with van der Waals surface area (Å²) in [6, 6.07) is 4.01. The molecule has 1 aromatic heterocycles. The number of hydrogen-bond acceptors (Lipinski definition) is 4. The highest BCUT2D eigenvalue weighted by atomic mass is 79.9. The fourth-order valence-electron chi connectivity index (χ4n) is 2.38. The van der Waals surface area contributed by atoms with Crippen LogP contribution in [0.25, 0.3) is 0 Å². The minimum atomic E-state index is 0.118. The van der Waals surface area contributed by atoms with E-state index in [1.807, 2.05) is 17.0 Å². The van der Waals surface area contributed by atoms with Crippen LogP contribution < -0.4 is 0 Å². The first kappa shape index (κ1) is 15.0. The van der Waals surface area contributed by atoms with Crippen LogP contribution in [-0.4, -0.2) is 59.6 Å². The van der Waals surface area contributed by atoms with Crippen LogP contribution in [0.4, 0.5) is 0 Å². The van der Waals surface area contributed by atoms with E-state index in [4.69, 9.17) is 0 Å². The SMILES string of the molecule is CCC(CO)N1CCN(C(=O)c2ccc(Br)s2)CC1. The van der Waals surface area contributed by atoms with Gasteiger partial charge in [0.05, 0.1) is 15.3 Å². The van der Waals surface area contributed by atoms with Crippen molar-refractivity contribution in [1.29, 1.82) is 0 Å². The Morgan fingerprint density at radius 1 is 1.42 bits per heavy atom. The summed E-state index contributed by atoms with van der Waals surface area (Å²) in [6.07, 6.45) is 0.947. The zero-order valence-electron chi connectivity index (χ0n) is 11.0.